The van der Waals surface area contributed by atoms with Crippen molar-refractivity contribution in [1.29, 1.82) is 0 Å². The molecule has 2 aliphatic rings. The van der Waals surface area contributed by atoms with Gasteiger partial charge in [0.05, 0.1) is 38.6 Å². The molecule has 1 saturated heterocycles. The fourth-order valence-electron chi connectivity index (χ4n) is 4.94. The first-order valence-corrected chi connectivity index (χ1v) is 17.2. The molecule has 43 heavy (non-hydrogen) atoms. The van der Waals surface area contributed by atoms with Crippen LogP contribution in [0.25, 0.3) is 11.2 Å². The molecule has 2 aromatic rings. The summed E-state index contributed by atoms with van der Waals surface area (Å²) < 4.78 is 69.0. The van der Waals surface area contributed by atoms with Crippen LogP contribution in [-0.2, 0) is 48.1 Å². The van der Waals surface area contributed by atoms with E-state index in [0.717, 1.165) is 0 Å². The number of fused-ring (bicyclic) bond motifs is 1. The summed E-state index contributed by atoms with van der Waals surface area (Å²) in [7, 11) is -13.1. The Hall–Kier alpha value is -1.64. The van der Waals surface area contributed by atoms with E-state index in [0.29, 0.717) is 0 Å². The monoisotopic (exact) mass is 680 g/mol. The zero-order valence-electron chi connectivity index (χ0n) is 22.7. The highest BCUT2D eigenvalue weighted by molar-refractivity contribution is 7.47. The molecule has 9 N–H and O–H groups in total. The standard InChI is InChI=1S/C19H32N5O16P3/c1-3-35-42(31,32)39-10-4-9(38-41(28,29)30)5-11(6-10)40-43(33,34)36-7-12-14(25)15(26)18(37-12)24-8-23(2)13-16(24)21-19(20)22-17(13)27/h8-12,14-15,18,25-26H,3-7H2,1-2H3,(H6-,20,21,22,27,28,29,30,31,32,33,34)/p+1/t9-,10+,11-,12+,14+,15+,18+/m0/s1. The lowest BCUT2D eigenvalue weighted by atomic mass is 9.93. The van der Waals surface area contributed by atoms with Crippen molar-refractivity contribution < 1.29 is 75.4 Å². The van der Waals surface area contributed by atoms with Crippen LogP contribution in [0.3, 0.4) is 0 Å². The molecule has 2 unspecified atom stereocenters. The normalized spacial score (nSPS) is 31.2. The fourth-order valence-corrected chi connectivity index (χ4v) is 7.38. The van der Waals surface area contributed by atoms with E-state index < -0.39 is 78.5 Å². The number of aliphatic hydroxyl groups excluding tert-OH is 2. The summed E-state index contributed by atoms with van der Waals surface area (Å²) in [5, 5.41) is 21.2. The predicted molar refractivity (Wildman–Crippen MR) is 140 cm³/mol. The van der Waals surface area contributed by atoms with Gasteiger partial charge in [-0.2, -0.15) is 9.55 Å². The quantitative estimate of drug-likeness (QED) is 0.0928. The minimum Gasteiger partial charge on any atom is -0.387 e. The molecule has 4 rings (SSSR count). The Morgan fingerprint density at radius 3 is 2.14 bits per heavy atom. The second kappa shape index (κ2) is 13.0. The highest BCUT2D eigenvalue weighted by atomic mass is 31.2. The molecule has 2 aromatic heterocycles. The Kier molecular flexibility index (Phi) is 10.3. The number of imidazole rings is 1. The van der Waals surface area contributed by atoms with Crippen molar-refractivity contribution in [3.63, 3.8) is 0 Å². The Morgan fingerprint density at radius 1 is 1.02 bits per heavy atom. The van der Waals surface area contributed by atoms with Crippen molar-refractivity contribution in [2.45, 2.75) is 69.0 Å². The summed E-state index contributed by atoms with van der Waals surface area (Å²) in [5.41, 5.74) is 5.17. The summed E-state index contributed by atoms with van der Waals surface area (Å²) in [5.74, 6) is -0.216. The van der Waals surface area contributed by atoms with E-state index in [1.54, 1.807) is 0 Å². The second-order valence-electron chi connectivity index (χ2n) is 9.83. The first-order valence-electron chi connectivity index (χ1n) is 12.7. The summed E-state index contributed by atoms with van der Waals surface area (Å²) >= 11 is 0. The van der Waals surface area contributed by atoms with Gasteiger partial charge in [-0.05, 0) is 6.92 Å². The van der Waals surface area contributed by atoms with E-state index in [1.807, 2.05) is 0 Å². The van der Waals surface area contributed by atoms with Gasteiger partial charge in [0, 0.05) is 19.3 Å². The van der Waals surface area contributed by atoms with E-state index in [4.69, 9.17) is 24.0 Å². The van der Waals surface area contributed by atoms with E-state index in [9.17, 15) is 48.3 Å². The molecular formula is C19H33N5O16P3+. The first-order chi connectivity index (χ1) is 19.9. The summed E-state index contributed by atoms with van der Waals surface area (Å²) in [6.45, 7) is 0.461. The number of H-pyrrole nitrogens is 1. The molecule has 0 bridgehead atoms. The molecule has 2 fully saturated rings. The average Bonchev–Trinajstić information content (AvgIpc) is 3.31. The molecule has 0 radical (unpaired) electrons. The summed E-state index contributed by atoms with van der Waals surface area (Å²) in [4.78, 5) is 57.2. The topological polar surface area (TPSA) is 309 Å². The van der Waals surface area contributed by atoms with E-state index in [2.05, 4.69) is 19.0 Å². The van der Waals surface area contributed by atoms with E-state index in [-0.39, 0.29) is 43.0 Å². The highest BCUT2D eigenvalue weighted by Gasteiger charge is 2.49. The third-order valence-electron chi connectivity index (χ3n) is 6.52. The van der Waals surface area contributed by atoms with Gasteiger partial charge in [-0.1, -0.05) is 0 Å². The Bertz CT molecular complexity index is 1510. The van der Waals surface area contributed by atoms with Gasteiger partial charge in [0.1, 0.15) is 18.3 Å². The minimum atomic E-state index is -5.03. The van der Waals surface area contributed by atoms with Crippen molar-refractivity contribution in [2.24, 2.45) is 7.05 Å². The third kappa shape index (κ3) is 8.55. The molecule has 1 aliphatic heterocycles. The van der Waals surface area contributed by atoms with Gasteiger partial charge in [-0.15, -0.1) is 0 Å². The number of rotatable bonds is 12. The maximum Gasteiger partial charge on any atom is 0.472 e. The van der Waals surface area contributed by atoms with Gasteiger partial charge in [-0.25, -0.2) is 18.3 Å². The molecular weight excluding hydrogens is 647 g/mol. The molecule has 21 nitrogen and oxygen atoms in total. The fraction of sp³-hybridized carbons (Fsp3) is 0.737. The van der Waals surface area contributed by atoms with Gasteiger partial charge in [0.2, 0.25) is 18.5 Å². The lowest BCUT2D eigenvalue weighted by molar-refractivity contribution is -0.646. The number of aryl methyl sites for hydroxylation is 1. The van der Waals surface area contributed by atoms with Crippen LogP contribution >= 0.6 is 23.5 Å². The zero-order valence-corrected chi connectivity index (χ0v) is 25.4. The van der Waals surface area contributed by atoms with Crippen molar-refractivity contribution in [2.75, 3.05) is 18.9 Å². The van der Waals surface area contributed by atoms with Crippen LogP contribution < -0.4 is 15.9 Å². The van der Waals surface area contributed by atoms with Gasteiger partial charge >= 0.3 is 29.0 Å². The number of hydrogen-bond donors (Lipinski definition) is 8. The van der Waals surface area contributed by atoms with Gasteiger partial charge < -0.3 is 40.3 Å². The van der Waals surface area contributed by atoms with Crippen LogP contribution in [0, 0.1) is 0 Å². The van der Waals surface area contributed by atoms with Crippen molar-refractivity contribution >= 4 is 40.6 Å². The number of phosphoric ester groups is 3. The van der Waals surface area contributed by atoms with Gasteiger partial charge in [0.15, 0.2) is 0 Å². The molecule has 0 aromatic carbocycles. The number of aromatic nitrogens is 4. The van der Waals surface area contributed by atoms with Crippen molar-refractivity contribution in [3.8, 4) is 0 Å². The molecule has 24 heteroatoms. The minimum absolute atomic E-state index is 0.0237. The Morgan fingerprint density at radius 2 is 1.58 bits per heavy atom. The van der Waals surface area contributed by atoms with Crippen LogP contribution in [0.5, 0.6) is 0 Å². The van der Waals surface area contributed by atoms with Gasteiger partial charge in [0.25, 0.3) is 11.2 Å². The van der Waals surface area contributed by atoms with Crippen LogP contribution in [0.1, 0.15) is 32.4 Å². The third-order valence-corrected chi connectivity index (χ3v) is 9.29. The van der Waals surface area contributed by atoms with Crippen LogP contribution in [0.15, 0.2) is 11.1 Å². The van der Waals surface area contributed by atoms with Crippen LogP contribution in [0.4, 0.5) is 5.95 Å². The lowest BCUT2D eigenvalue weighted by Crippen LogP contribution is -2.37. The average molecular weight is 680 g/mol. The predicted octanol–water partition coefficient (Wildman–Crippen LogP) is -1.56. The van der Waals surface area contributed by atoms with Crippen LogP contribution in [-0.4, -0.2) is 94.2 Å². The number of nitrogens with zero attached hydrogens (tertiary/aromatic N) is 3. The molecule has 244 valence electrons. The molecule has 3 heterocycles. The molecule has 0 amide bonds. The van der Waals surface area contributed by atoms with Crippen molar-refractivity contribution in [3.05, 3.63) is 16.7 Å². The number of phosphoric acid groups is 3. The number of nitrogen functional groups attached to an aromatic ring is 1. The number of nitrogens with two attached hydrogens (primary N) is 1. The SMILES string of the molecule is CCOP(=O)(O)O[C@@H]1C[C@H](OP(=O)(O)O)C[C@H](OP(=O)(O)OC[C@H]2O[C@@H](n3c[n+](C)c4c(=O)[nH]c(N)nc43)[C@H](O)[C@@H]2O)C1. The molecule has 1 aliphatic carbocycles. The number of hydrogen-bond acceptors (Lipinski definition) is 14. The second-order valence-corrected chi connectivity index (χ2v) is 13.8. The molecule has 9 atom stereocenters. The molecule has 0 spiro atoms. The summed E-state index contributed by atoms with van der Waals surface area (Å²) in [6, 6.07) is 0. The smallest absolute Gasteiger partial charge is 0.387 e. The lowest BCUT2D eigenvalue weighted by Gasteiger charge is -2.35. The first kappa shape index (κ1) is 34.2. The van der Waals surface area contributed by atoms with E-state index in [1.165, 1.54) is 29.4 Å². The number of aromatic amines is 1. The number of ether oxygens (including phenoxy) is 1. The van der Waals surface area contributed by atoms with Crippen LogP contribution in [0.2, 0.25) is 0 Å². The molecule has 1 saturated carbocycles. The Balaban J connectivity index is 1.43. The largest absolute Gasteiger partial charge is 0.472 e. The van der Waals surface area contributed by atoms with Crippen molar-refractivity contribution in [1.82, 2.24) is 14.5 Å². The van der Waals surface area contributed by atoms with Gasteiger partial charge in [-0.3, -0.25) is 32.4 Å². The zero-order chi connectivity index (χ0) is 31.9. The Labute approximate surface area is 242 Å². The number of nitrogens with one attached hydrogen (secondary N) is 1. The highest BCUT2D eigenvalue weighted by Crippen LogP contribution is 2.52. The number of anilines is 1. The maximum absolute atomic E-state index is 12.8. The maximum atomic E-state index is 12.8. The summed E-state index contributed by atoms with van der Waals surface area (Å²) in [6.07, 6.45) is -9.35. The van der Waals surface area contributed by atoms with E-state index >= 15 is 0 Å². The number of aliphatic hydroxyl groups is 2.